The van der Waals surface area contributed by atoms with E-state index in [4.69, 9.17) is 16.6 Å². The van der Waals surface area contributed by atoms with Gasteiger partial charge in [-0.25, -0.2) is 4.98 Å². The van der Waals surface area contributed by atoms with Gasteiger partial charge in [0.05, 0.1) is 39.0 Å². The highest BCUT2D eigenvalue weighted by molar-refractivity contribution is 7.18. The predicted molar refractivity (Wildman–Crippen MR) is 107 cm³/mol. The van der Waals surface area contributed by atoms with E-state index in [1.165, 1.54) is 14.6 Å². The van der Waals surface area contributed by atoms with Gasteiger partial charge in [-0.1, -0.05) is 35.9 Å². The first-order valence-electron chi connectivity index (χ1n) is 8.92. The molecule has 2 heterocycles. The van der Waals surface area contributed by atoms with Crippen LogP contribution in [0.1, 0.15) is 23.8 Å². The van der Waals surface area contributed by atoms with Crippen molar-refractivity contribution in [3.63, 3.8) is 0 Å². The van der Waals surface area contributed by atoms with Crippen LogP contribution in [-0.2, 0) is 4.79 Å². The van der Waals surface area contributed by atoms with Gasteiger partial charge in [-0.3, -0.25) is 4.79 Å². The summed E-state index contributed by atoms with van der Waals surface area (Å²) in [6, 6.07) is 15.7. The van der Waals surface area contributed by atoms with Crippen LogP contribution in [0.2, 0.25) is 5.02 Å². The molecule has 1 aromatic heterocycles. The zero-order chi connectivity index (χ0) is 17.9. The number of hydrogen-bond acceptors (Lipinski definition) is 3. The molecule has 4 rings (SSSR count). The number of carbonyl (C=O) groups is 1. The highest BCUT2D eigenvalue weighted by atomic mass is 35.5. The number of quaternary nitrogens is 1. The van der Waals surface area contributed by atoms with Crippen LogP contribution in [0, 0.1) is 0 Å². The second-order valence-corrected chi connectivity index (χ2v) is 8.22. The minimum absolute atomic E-state index is 0.0199. The monoisotopic (exact) mass is 386 g/mol. The van der Waals surface area contributed by atoms with E-state index in [0.717, 1.165) is 31.4 Å². The summed E-state index contributed by atoms with van der Waals surface area (Å²) in [5, 5.41) is 4.73. The van der Waals surface area contributed by atoms with Crippen LogP contribution in [0.25, 0.3) is 10.2 Å². The fraction of sp³-hybridized carbons (Fsp3) is 0.300. The molecule has 0 radical (unpaired) electrons. The quantitative estimate of drug-likeness (QED) is 0.722. The predicted octanol–water partition coefficient (Wildman–Crippen LogP) is 3.35. The molecule has 1 amide bonds. The van der Waals surface area contributed by atoms with Crippen molar-refractivity contribution in [1.29, 1.82) is 0 Å². The molecule has 26 heavy (non-hydrogen) atoms. The summed E-state index contributed by atoms with van der Waals surface area (Å²) in [5.74, 6) is 0.536. The number of benzene rings is 2. The molecule has 134 valence electrons. The van der Waals surface area contributed by atoms with Crippen molar-refractivity contribution in [2.24, 2.45) is 0 Å². The summed E-state index contributed by atoms with van der Waals surface area (Å²) < 4.78 is 1.26. The number of para-hydroxylation sites is 2. The summed E-state index contributed by atoms with van der Waals surface area (Å²) in [6.07, 6.45) is 2.16. The molecule has 3 aromatic rings. The Hall–Kier alpha value is -1.95. The molecule has 0 saturated carbocycles. The van der Waals surface area contributed by atoms with E-state index in [0.29, 0.717) is 23.2 Å². The van der Waals surface area contributed by atoms with Gasteiger partial charge in [-0.15, -0.1) is 11.3 Å². The number of piperidine rings is 1. The average Bonchev–Trinajstić information content (AvgIpc) is 3.08. The molecule has 1 aliphatic heterocycles. The van der Waals surface area contributed by atoms with Crippen molar-refractivity contribution in [1.82, 2.24) is 4.98 Å². The molecule has 1 fully saturated rings. The number of nitrogens with one attached hydrogen (secondary N) is 2. The Morgan fingerprint density at radius 3 is 2.65 bits per heavy atom. The molecule has 1 aliphatic rings. The molecule has 0 unspecified atom stereocenters. The Bertz CT molecular complexity index is 885. The summed E-state index contributed by atoms with van der Waals surface area (Å²) in [6.45, 7) is 2.48. The van der Waals surface area contributed by atoms with Crippen LogP contribution in [-0.4, -0.2) is 30.5 Å². The number of carbonyl (C=O) groups excluding carboxylic acids is 1. The van der Waals surface area contributed by atoms with Crippen molar-refractivity contribution < 1.29 is 9.69 Å². The third-order valence-electron chi connectivity index (χ3n) is 4.91. The highest BCUT2D eigenvalue weighted by Crippen LogP contribution is 2.31. The Labute approximate surface area is 161 Å². The van der Waals surface area contributed by atoms with Gasteiger partial charge < -0.3 is 10.2 Å². The SMILES string of the molecule is O=C(C[NH+]1CCC(c2nc3ccccc3s2)CC1)Nc1ccccc1Cl. The number of hydrogen-bond donors (Lipinski definition) is 2. The minimum atomic E-state index is 0.0199. The van der Waals surface area contributed by atoms with Gasteiger partial charge in [0.25, 0.3) is 5.91 Å². The molecule has 1 saturated heterocycles. The molecule has 0 bridgehead atoms. The number of anilines is 1. The average molecular weight is 387 g/mol. The van der Waals surface area contributed by atoms with E-state index in [9.17, 15) is 4.79 Å². The smallest absolute Gasteiger partial charge is 0.279 e. The van der Waals surface area contributed by atoms with Crippen LogP contribution >= 0.6 is 22.9 Å². The lowest BCUT2D eigenvalue weighted by atomic mass is 9.97. The lowest BCUT2D eigenvalue weighted by Crippen LogP contribution is -3.14. The zero-order valence-electron chi connectivity index (χ0n) is 14.4. The Morgan fingerprint density at radius 2 is 1.88 bits per heavy atom. The minimum Gasteiger partial charge on any atom is -0.327 e. The van der Waals surface area contributed by atoms with Gasteiger partial charge in [0.2, 0.25) is 0 Å². The second kappa shape index (κ2) is 7.74. The van der Waals surface area contributed by atoms with Crippen molar-refractivity contribution in [2.75, 3.05) is 25.0 Å². The molecular formula is C20H21ClN3OS+. The second-order valence-electron chi connectivity index (χ2n) is 6.75. The van der Waals surface area contributed by atoms with E-state index < -0.39 is 0 Å². The standard InChI is InChI=1S/C20H20ClN3OS/c21-15-5-1-2-6-16(15)22-19(25)13-24-11-9-14(10-12-24)20-23-17-7-3-4-8-18(17)26-20/h1-8,14H,9-13H2,(H,22,25)/p+1. The van der Waals surface area contributed by atoms with Crippen LogP contribution in [0.3, 0.4) is 0 Å². The Morgan fingerprint density at radius 1 is 1.15 bits per heavy atom. The molecule has 4 nitrogen and oxygen atoms in total. The first-order chi connectivity index (χ1) is 12.7. The normalized spacial score (nSPS) is 20.2. The number of aromatic nitrogens is 1. The topological polar surface area (TPSA) is 46.4 Å². The van der Waals surface area contributed by atoms with Gasteiger partial charge in [0, 0.05) is 18.8 Å². The van der Waals surface area contributed by atoms with Crippen LogP contribution in [0.5, 0.6) is 0 Å². The van der Waals surface area contributed by atoms with Crippen molar-refractivity contribution in [2.45, 2.75) is 18.8 Å². The van der Waals surface area contributed by atoms with E-state index in [1.54, 1.807) is 6.07 Å². The van der Waals surface area contributed by atoms with Crippen molar-refractivity contribution in [3.8, 4) is 0 Å². The third kappa shape index (κ3) is 3.90. The highest BCUT2D eigenvalue weighted by Gasteiger charge is 2.27. The number of fused-ring (bicyclic) bond motifs is 1. The van der Waals surface area contributed by atoms with E-state index in [-0.39, 0.29) is 5.91 Å². The number of thiazole rings is 1. The van der Waals surface area contributed by atoms with Gasteiger partial charge in [0.1, 0.15) is 0 Å². The zero-order valence-corrected chi connectivity index (χ0v) is 15.9. The summed E-state index contributed by atoms with van der Waals surface area (Å²) in [7, 11) is 0. The maximum absolute atomic E-state index is 12.3. The number of likely N-dealkylation sites (tertiary alicyclic amines) is 1. The maximum Gasteiger partial charge on any atom is 0.279 e. The fourth-order valence-electron chi connectivity index (χ4n) is 3.50. The van der Waals surface area contributed by atoms with Crippen molar-refractivity contribution in [3.05, 3.63) is 58.6 Å². The molecule has 0 atom stereocenters. The van der Waals surface area contributed by atoms with Gasteiger partial charge >= 0.3 is 0 Å². The summed E-state index contributed by atoms with van der Waals surface area (Å²) in [5.41, 5.74) is 1.78. The number of halogens is 1. The van der Waals surface area contributed by atoms with Crippen LogP contribution in [0.15, 0.2) is 48.5 Å². The van der Waals surface area contributed by atoms with E-state index in [2.05, 4.69) is 23.5 Å². The first kappa shape index (κ1) is 17.5. The summed E-state index contributed by atoms with van der Waals surface area (Å²) >= 11 is 7.91. The maximum atomic E-state index is 12.3. The Kier molecular flexibility index (Phi) is 5.20. The molecule has 2 N–H and O–H groups in total. The summed E-state index contributed by atoms with van der Waals surface area (Å²) in [4.78, 5) is 18.4. The van der Waals surface area contributed by atoms with Gasteiger partial charge in [-0.05, 0) is 24.3 Å². The first-order valence-corrected chi connectivity index (χ1v) is 10.1. The van der Waals surface area contributed by atoms with Gasteiger partial charge in [0.15, 0.2) is 6.54 Å². The van der Waals surface area contributed by atoms with Crippen molar-refractivity contribution >= 4 is 44.7 Å². The number of amides is 1. The lowest BCUT2D eigenvalue weighted by molar-refractivity contribution is -0.897. The van der Waals surface area contributed by atoms with E-state index in [1.807, 2.05) is 35.6 Å². The molecule has 6 heteroatoms. The molecule has 0 spiro atoms. The van der Waals surface area contributed by atoms with E-state index >= 15 is 0 Å². The van der Waals surface area contributed by atoms with Crippen LogP contribution < -0.4 is 10.2 Å². The van der Waals surface area contributed by atoms with Crippen LogP contribution in [0.4, 0.5) is 5.69 Å². The largest absolute Gasteiger partial charge is 0.327 e. The van der Waals surface area contributed by atoms with Gasteiger partial charge in [-0.2, -0.15) is 0 Å². The fourth-order valence-corrected chi connectivity index (χ4v) is 4.82. The number of nitrogens with zero attached hydrogens (tertiary/aromatic N) is 1. The third-order valence-corrected chi connectivity index (χ3v) is 6.44. The molecule has 2 aromatic carbocycles. The lowest BCUT2D eigenvalue weighted by Gasteiger charge is -2.27. The number of rotatable bonds is 4. The molecular weight excluding hydrogens is 366 g/mol. The molecule has 0 aliphatic carbocycles. The Balaban J connectivity index is 1.32.